The van der Waals surface area contributed by atoms with Gasteiger partial charge in [-0.2, -0.15) is 5.10 Å². The second-order valence-electron chi connectivity index (χ2n) is 6.80. The number of hydrogen-bond donors (Lipinski definition) is 3. The molecule has 0 aliphatic rings. The maximum atomic E-state index is 11.8. The van der Waals surface area contributed by atoms with E-state index in [-0.39, 0.29) is 5.91 Å². The fraction of sp³-hybridized carbons (Fsp3) is 0.261. The maximum Gasteiger partial charge on any atom is 0.251 e. The zero-order chi connectivity index (χ0) is 21.2. The molecule has 156 valence electrons. The summed E-state index contributed by atoms with van der Waals surface area (Å²) in [5.41, 5.74) is 4.02. The summed E-state index contributed by atoms with van der Waals surface area (Å²) in [5.74, 6) is 0.636. The first-order valence-electron chi connectivity index (χ1n) is 10.1. The summed E-state index contributed by atoms with van der Waals surface area (Å²) >= 11 is 0. The van der Waals surface area contributed by atoms with E-state index >= 15 is 0 Å². The smallest absolute Gasteiger partial charge is 0.251 e. The molecular formula is C23H28N6O. The Morgan fingerprint density at radius 3 is 2.63 bits per heavy atom. The van der Waals surface area contributed by atoms with Crippen LogP contribution in [0, 0.1) is 0 Å². The predicted molar refractivity (Wildman–Crippen MR) is 119 cm³/mol. The molecular weight excluding hydrogens is 376 g/mol. The molecule has 1 amide bonds. The molecule has 0 aliphatic carbocycles. The Morgan fingerprint density at radius 2 is 1.90 bits per heavy atom. The zero-order valence-electron chi connectivity index (χ0n) is 17.4. The topological polar surface area (TPSA) is 83.3 Å². The third-order valence-electron chi connectivity index (χ3n) is 4.64. The molecule has 0 atom stereocenters. The molecule has 3 rings (SSSR count). The molecule has 0 radical (unpaired) electrons. The first-order chi connectivity index (χ1) is 14.7. The molecule has 0 saturated heterocycles. The van der Waals surface area contributed by atoms with E-state index in [1.807, 2.05) is 54.2 Å². The molecule has 30 heavy (non-hydrogen) atoms. The van der Waals surface area contributed by atoms with Gasteiger partial charge in [-0.25, -0.2) is 4.99 Å². The summed E-state index contributed by atoms with van der Waals surface area (Å²) in [6.07, 6.45) is 3.75. The van der Waals surface area contributed by atoms with Gasteiger partial charge in [-0.05, 0) is 41.8 Å². The highest BCUT2D eigenvalue weighted by molar-refractivity contribution is 5.94. The number of rotatable bonds is 8. The van der Waals surface area contributed by atoms with Crippen LogP contribution >= 0.6 is 0 Å². The van der Waals surface area contributed by atoms with E-state index < -0.39 is 0 Å². The van der Waals surface area contributed by atoms with Crippen molar-refractivity contribution in [2.45, 2.75) is 26.6 Å². The van der Waals surface area contributed by atoms with E-state index in [9.17, 15) is 4.79 Å². The van der Waals surface area contributed by atoms with Crippen molar-refractivity contribution in [2.24, 2.45) is 4.99 Å². The highest BCUT2D eigenvalue weighted by Gasteiger charge is 2.06. The van der Waals surface area contributed by atoms with Gasteiger partial charge in [0.1, 0.15) is 0 Å². The van der Waals surface area contributed by atoms with Crippen LogP contribution in [-0.4, -0.2) is 35.2 Å². The van der Waals surface area contributed by atoms with Gasteiger partial charge in [0.25, 0.3) is 5.91 Å². The molecule has 2 aromatic carbocycles. The van der Waals surface area contributed by atoms with Gasteiger partial charge < -0.3 is 16.0 Å². The maximum absolute atomic E-state index is 11.8. The number of benzene rings is 2. The lowest BCUT2D eigenvalue weighted by atomic mass is 10.1. The Morgan fingerprint density at radius 1 is 1.07 bits per heavy atom. The van der Waals surface area contributed by atoms with Crippen LogP contribution in [0.25, 0.3) is 0 Å². The number of aromatic nitrogens is 2. The minimum atomic E-state index is -0.0975. The Labute approximate surface area is 177 Å². The number of hydrogen-bond acceptors (Lipinski definition) is 3. The third kappa shape index (κ3) is 5.94. The van der Waals surface area contributed by atoms with Crippen LogP contribution in [0.5, 0.6) is 0 Å². The van der Waals surface area contributed by atoms with Crippen molar-refractivity contribution < 1.29 is 4.79 Å². The van der Waals surface area contributed by atoms with Crippen LogP contribution in [0.4, 0.5) is 0 Å². The monoisotopic (exact) mass is 404 g/mol. The predicted octanol–water partition coefficient (Wildman–Crippen LogP) is 2.55. The molecule has 0 fully saturated rings. The molecule has 0 saturated carbocycles. The molecule has 1 aromatic heterocycles. The summed E-state index contributed by atoms with van der Waals surface area (Å²) in [5, 5.41) is 13.6. The third-order valence-corrected chi connectivity index (χ3v) is 4.64. The standard InChI is InChI=1S/C23H28N6O/c1-3-25-23(26-15-18-8-6-11-19(14-18)22(30)24-2)27-16-20-9-4-5-10-21(20)17-29-13-7-12-28-29/h4-14H,3,15-17H2,1-2H3,(H,24,30)(H2,25,26,27). The minimum absolute atomic E-state index is 0.0975. The molecule has 7 heteroatoms. The van der Waals surface area contributed by atoms with E-state index in [2.05, 4.69) is 38.2 Å². The van der Waals surface area contributed by atoms with Crippen molar-refractivity contribution in [3.63, 3.8) is 0 Å². The summed E-state index contributed by atoms with van der Waals surface area (Å²) in [6.45, 7) is 4.66. The van der Waals surface area contributed by atoms with Crippen LogP contribution in [0.1, 0.15) is 34.0 Å². The lowest BCUT2D eigenvalue weighted by Gasteiger charge is -2.14. The van der Waals surface area contributed by atoms with E-state index in [0.717, 1.165) is 24.6 Å². The summed E-state index contributed by atoms with van der Waals surface area (Å²) in [7, 11) is 1.63. The SMILES string of the molecule is CCNC(=NCc1cccc(C(=O)NC)c1)NCc1ccccc1Cn1cccn1. The molecule has 7 nitrogen and oxygen atoms in total. The Kier molecular flexibility index (Phi) is 7.60. The van der Waals surface area contributed by atoms with Crippen molar-refractivity contribution in [1.29, 1.82) is 0 Å². The average molecular weight is 405 g/mol. The molecule has 0 unspecified atom stereocenters. The zero-order valence-corrected chi connectivity index (χ0v) is 17.4. The van der Waals surface area contributed by atoms with Gasteiger partial charge in [-0.1, -0.05) is 36.4 Å². The fourth-order valence-corrected chi connectivity index (χ4v) is 3.10. The van der Waals surface area contributed by atoms with Gasteiger partial charge in [0, 0.05) is 38.1 Å². The Bertz CT molecular complexity index is 981. The van der Waals surface area contributed by atoms with Crippen LogP contribution in [0.2, 0.25) is 0 Å². The van der Waals surface area contributed by atoms with Crippen LogP contribution in [0.15, 0.2) is 72.0 Å². The van der Waals surface area contributed by atoms with Crippen LogP contribution < -0.4 is 16.0 Å². The summed E-state index contributed by atoms with van der Waals surface area (Å²) in [4.78, 5) is 16.5. The van der Waals surface area contributed by atoms with Crippen molar-refractivity contribution in [2.75, 3.05) is 13.6 Å². The van der Waals surface area contributed by atoms with E-state index in [0.29, 0.717) is 18.7 Å². The highest BCUT2D eigenvalue weighted by atomic mass is 16.1. The number of carbonyl (C=O) groups is 1. The second-order valence-corrected chi connectivity index (χ2v) is 6.80. The molecule has 0 bridgehead atoms. The van der Waals surface area contributed by atoms with Crippen molar-refractivity contribution in [3.05, 3.63) is 89.2 Å². The fourth-order valence-electron chi connectivity index (χ4n) is 3.10. The van der Waals surface area contributed by atoms with Gasteiger partial charge in [0.05, 0.1) is 13.1 Å². The largest absolute Gasteiger partial charge is 0.357 e. The van der Waals surface area contributed by atoms with E-state index in [1.165, 1.54) is 11.1 Å². The number of amides is 1. The van der Waals surface area contributed by atoms with Gasteiger partial charge in [0.2, 0.25) is 0 Å². The molecule has 3 N–H and O–H groups in total. The van der Waals surface area contributed by atoms with Gasteiger partial charge >= 0.3 is 0 Å². The Hall–Kier alpha value is -3.61. The average Bonchev–Trinajstić information content (AvgIpc) is 3.29. The lowest BCUT2D eigenvalue weighted by Crippen LogP contribution is -2.37. The lowest BCUT2D eigenvalue weighted by molar-refractivity contribution is 0.0963. The molecule has 3 aromatic rings. The Balaban J connectivity index is 1.67. The van der Waals surface area contributed by atoms with Crippen LogP contribution in [-0.2, 0) is 19.6 Å². The van der Waals surface area contributed by atoms with Crippen molar-refractivity contribution in [3.8, 4) is 0 Å². The first-order valence-corrected chi connectivity index (χ1v) is 10.1. The van der Waals surface area contributed by atoms with E-state index in [1.54, 1.807) is 19.3 Å². The second kappa shape index (κ2) is 10.8. The number of carbonyl (C=O) groups excluding carboxylic acids is 1. The molecule has 0 aliphatic heterocycles. The minimum Gasteiger partial charge on any atom is -0.357 e. The number of nitrogens with zero attached hydrogens (tertiary/aromatic N) is 3. The number of aliphatic imine (C=N–C) groups is 1. The highest BCUT2D eigenvalue weighted by Crippen LogP contribution is 2.11. The number of nitrogens with one attached hydrogen (secondary N) is 3. The first kappa shape index (κ1) is 21.1. The van der Waals surface area contributed by atoms with Crippen molar-refractivity contribution in [1.82, 2.24) is 25.7 Å². The van der Waals surface area contributed by atoms with Gasteiger partial charge in [0.15, 0.2) is 5.96 Å². The summed E-state index contributed by atoms with van der Waals surface area (Å²) < 4.78 is 1.91. The van der Waals surface area contributed by atoms with Gasteiger partial charge in [-0.15, -0.1) is 0 Å². The quantitative estimate of drug-likeness (QED) is 0.398. The van der Waals surface area contributed by atoms with E-state index in [4.69, 9.17) is 0 Å². The molecule has 0 spiro atoms. The molecule has 1 heterocycles. The van der Waals surface area contributed by atoms with Crippen LogP contribution in [0.3, 0.4) is 0 Å². The van der Waals surface area contributed by atoms with Crippen molar-refractivity contribution >= 4 is 11.9 Å². The summed E-state index contributed by atoms with van der Waals surface area (Å²) in [6, 6.07) is 17.8. The number of guanidine groups is 1. The van der Waals surface area contributed by atoms with Gasteiger partial charge in [-0.3, -0.25) is 9.48 Å². The normalized spacial score (nSPS) is 11.2.